The molecule has 0 amide bonds. The molecule has 0 aliphatic rings. The van der Waals surface area contributed by atoms with Crippen LogP contribution < -0.4 is 4.74 Å². The summed E-state index contributed by atoms with van der Waals surface area (Å²) >= 11 is 6.15. The van der Waals surface area contributed by atoms with Crippen molar-refractivity contribution in [3.05, 3.63) is 28.3 Å². The Hall–Kier alpha value is -1.02. The Bertz CT molecular complexity index is 372. The van der Waals surface area contributed by atoms with Gasteiger partial charge in [0.15, 0.2) is 0 Å². The number of aryl methyl sites for hydroxylation is 1. The van der Waals surface area contributed by atoms with Crippen LogP contribution in [0.15, 0.2) is 12.1 Å². The second kappa shape index (κ2) is 5.90. The first-order valence-electron chi connectivity index (χ1n) is 5.42. The first kappa shape index (κ1) is 13.0. The molecule has 0 heterocycles. The molecule has 0 spiro atoms. The van der Waals surface area contributed by atoms with Crippen molar-refractivity contribution in [2.24, 2.45) is 0 Å². The summed E-state index contributed by atoms with van der Waals surface area (Å²) in [6.45, 7) is 6.55. The number of ether oxygens (including phenoxy) is 1. The fourth-order valence-electron chi connectivity index (χ4n) is 1.48. The van der Waals surface area contributed by atoms with Crippen LogP contribution in [0.4, 0.5) is 0 Å². The van der Waals surface area contributed by atoms with Gasteiger partial charge in [-0.15, -0.1) is 0 Å². The average Bonchev–Trinajstić information content (AvgIpc) is 2.21. The summed E-state index contributed by atoms with van der Waals surface area (Å²) < 4.78 is 5.53. The van der Waals surface area contributed by atoms with Crippen LogP contribution in [-0.4, -0.2) is 12.9 Å². The molecular formula is C13H17ClO2. The Balaban J connectivity index is 2.91. The Morgan fingerprint density at radius 3 is 2.69 bits per heavy atom. The molecule has 88 valence electrons. The summed E-state index contributed by atoms with van der Waals surface area (Å²) in [5.41, 5.74) is 2.08. The average molecular weight is 241 g/mol. The minimum atomic E-state index is 0.363. The van der Waals surface area contributed by atoms with Crippen molar-refractivity contribution in [3.63, 3.8) is 0 Å². The van der Waals surface area contributed by atoms with Gasteiger partial charge < -0.3 is 9.53 Å². The minimum Gasteiger partial charge on any atom is -0.493 e. The molecule has 0 radical (unpaired) electrons. The third-order valence-corrected chi connectivity index (χ3v) is 2.74. The van der Waals surface area contributed by atoms with Gasteiger partial charge in [-0.1, -0.05) is 25.4 Å². The van der Waals surface area contributed by atoms with E-state index in [1.807, 2.05) is 19.1 Å². The summed E-state index contributed by atoms with van der Waals surface area (Å²) in [6.07, 6.45) is 1.27. The van der Waals surface area contributed by atoms with Crippen LogP contribution in [0.1, 0.15) is 37.3 Å². The van der Waals surface area contributed by atoms with Gasteiger partial charge in [0.2, 0.25) is 0 Å². The number of hydrogen-bond acceptors (Lipinski definition) is 2. The van der Waals surface area contributed by atoms with E-state index in [4.69, 9.17) is 16.3 Å². The molecule has 0 saturated heterocycles. The van der Waals surface area contributed by atoms with Gasteiger partial charge >= 0.3 is 0 Å². The first-order chi connectivity index (χ1) is 7.56. The predicted octanol–water partition coefficient (Wildman–Crippen LogP) is 3.74. The van der Waals surface area contributed by atoms with Crippen molar-refractivity contribution in [3.8, 4) is 5.75 Å². The molecule has 1 aromatic carbocycles. The fourth-order valence-corrected chi connectivity index (χ4v) is 1.92. The highest BCUT2D eigenvalue weighted by molar-refractivity contribution is 6.31. The maximum absolute atomic E-state index is 10.2. The first-order valence-corrected chi connectivity index (χ1v) is 5.80. The molecule has 0 N–H and O–H groups in total. The molecule has 1 rings (SSSR count). The number of benzene rings is 1. The molecule has 0 saturated carbocycles. The zero-order chi connectivity index (χ0) is 12.1. The molecule has 0 fully saturated rings. The molecule has 0 unspecified atom stereocenters. The minimum absolute atomic E-state index is 0.363. The normalized spacial score (nSPS) is 10.6. The van der Waals surface area contributed by atoms with Crippen LogP contribution in [0.25, 0.3) is 0 Å². The maximum atomic E-state index is 10.2. The molecule has 0 bridgehead atoms. The summed E-state index contributed by atoms with van der Waals surface area (Å²) in [5, 5.41) is 0.773. The Morgan fingerprint density at radius 2 is 2.12 bits per heavy atom. The summed E-state index contributed by atoms with van der Waals surface area (Å²) in [4.78, 5) is 10.2. The second-order valence-corrected chi connectivity index (χ2v) is 4.50. The van der Waals surface area contributed by atoms with E-state index in [0.29, 0.717) is 18.9 Å². The van der Waals surface area contributed by atoms with Gasteiger partial charge in [-0.2, -0.15) is 0 Å². The van der Waals surface area contributed by atoms with Crippen molar-refractivity contribution < 1.29 is 9.53 Å². The number of rotatable bonds is 5. The van der Waals surface area contributed by atoms with Crippen LogP contribution in [0, 0.1) is 6.92 Å². The molecule has 0 atom stereocenters. The lowest BCUT2D eigenvalue weighted by molar-refractivity contribution is -0.108. The summed E-state index contributed by atoms with van der Waals surface area (Å²) in [7, 11) is 0. The van der Waals surface area contributed by atoms with Crippen molar-refractivity contribution in [1.29, 1.82) is 0 Å². The number of hydrogen-bond donors (Lipinski definition) is 0. The smallest absolute Gasteiger partial charge is 0.123 e. The highest BCUT2D eigenvalue weighted by Crippen LogP contribution is 2.31. The molecule has 3 heteroatoms. The number of aldehydes is 1. The van der Waals surface area contributed by atoms with Gasteiger partial charge in [-0.3, -0.25) is 0 Å². The summed E-state index contributed by atoms with van der Waals surface area (Å²) in [6, 6.07) is 3.88. The summed E-state index contributed by atoms with van der Waals surface area (Å²) in [5.74, 6) is 1.18. The van der Waals surface area contributed by atoms with E-state index in [1.54, 1.807) is 0 Å². The quantitative estimate of drug-likeness (QED) is 0.579. The largest absolute Gasteiger partial charge is 0.493 e. The van der Waals surface area contributed by atoms with E-state index in [-0.39, 0.29) is 0 Å². The van der Waals surface area contributed by atoms with Gasteiger partial charge in [0.25, 0.3) is 0 Å². The monoisotopic (exact) mass is 240 g/mol. The molecule has 1 aromatic rings. The predicted molar refractivity (Wildman–Crippen MR) is 66.5 cm³/mol. The van der Waals surface area contributed by atoms with Gasteiger partial charge in [-0.25, -0.2) is 0 Å². The van der Waals surface area contributed by atoms with Gasteiger partial charge in [-0.05, 0) is 36.1 Å². The van der Waals surface area contributed by atoms with Crippen molar-refractivity contribution in [1.82, 2.24) is 0 Å². The van der Waals surface area contributed by atoms with Crippen molar-refractivity contribution in [2.45, 2.75) is 33.1 Å². The van der Waals surface area contributed by atoms with Gasteiger partial charge in [0.05, 0.1) is 6.61 Å². The highest BCUT2D eigenvalue weighted by Gasteiger charge is 2.09. The Morgan fingerprint density at radius 1 is 1.44 bits per heavy atom. The van der Waals surface area contributed by atoms with E-state index in [2.05, 4.69) is 13.8 Å². The second-order valence-electron chi connectivity index (χ2n) is 4.10. The SMILES string of the molecule is Cc1cc(Cl)c(C(C)C)cc1OCCC=O. The lowest BCUT2D eigenvalue weighted by Crippen LogP contribution is -2.01. The topological polar surface area (TPSA) is 26.3 Å². The molecular weight excluding hydrogens is 224 g/mol. The maximum Gasteiger partial charge on any atom is 0.123 e. The fraction of sp³-hybridized carbons (Fsp3) is 0.462. The lowest BCUT2D eigenvalue weighted by Gasteiger charge is -2.14. The van der Waals surface area contributed by atoms with Gasteiger partial charge in [0.1, 0.15) is 12.0 Å². The highest BCUT2D eigenvalue weighted by atomic mass is 35.5. The Labute approximate surface area is 102 Å². The zero-order valence-corrected chi connectivity index (χ0v) is 10.7. The van der Waals surface area contributed by atoms with Crippen molar-refractivity contribution in [2.75, 3.05) is 6.61 Å². The molecule has 2 nitrogen and oxygen atoms in total. The number of halogens is 1. The van der Waals surface area contributed by atoms with Crippen LogP contribution in [0.3, 0.4) is 0 Å². The van der Waals surface area contributed by atoms with Crippen LogP contribution >= 0.6 is 11.6 Å². The van der Waals surface area contributed by atoms with Crippen LogP contribution in [0.2, 0.25) is 5.02 Å². The van der Waals surface area contributed by atoms with E-state index in [9.17, 15) is 4.79 Å². The third kappa shape index (κ3) is 3.24. The Kier molecular flexibility index (Phi) is 4.81. The molecule has 0 aromatic heterocycles. The van der Waals surface area contributed by atoms with E-state index >= 15 is 0 Å². The van der Waals surface area contributed by atoms with E-state index in [1.165, 1.54) is 0 Å². The van der Waals surface area contributed by atoms with Gasteiger partial charge in [0, 0.05) is 11.4 Å². The van der Waals surface area contributed by atoms with E-state index < -0.39 is 0 Å². The number of carbonyl (C=O) groups excluding carboxylic acids is 1. The lowest BCUT2D eigenvalue weighted by atomic mass is 10.0. The molecule has 0 aliphatic carbocycles. The molecule has 0 aliphatic heterocycles. The zero-order valence-electron chi connectivity index (χ0n) is 9.92. The third-order valence-electron chi connectivity index (χ3n) is 2.41. The molecule has 16 heavy (non-hydrogen) atoms. The standard InChI is InChI=1S/C13H17ClO2/c1-9(2)11-8-13(16-6-4-5-15)10(3)7-12(11)14/h5,7-9H,4,6H2,1-3H3. The van der Waals surface area contributed by atoms with Crippen LogP contribution in [0.5, 0.6) is 5.75 Å². The van der Waals surface area contributed by atoms with Crippen LogP contribution in [-0.2, 0) is 4.79 Å². The van der Waals surface area contributed by atoms with E-state index in [0.717, 1.165) is 28.2 Å². The van der Waals surface area contributed by atoms with Crippen molar-refractivity contribution >= 4 is 17.9 Å². The number of carbonyl (C=O) groups is 1.